The standard InChI is InChI=1S/C15H9BrFNO2/c16-12-3-6-15(11(7-12)8-18)20-9-14(19)10-1-4-13(17)5-2-10/h1-7H,9H2. The lowest BCUT2D eigenvalue weighted by atomic mass is 10.1. The first kappa shape index (κ1) is 14.2. The molecule has 0 fully saturated rings. The summed E-state index contributed by atoms with van der Waals surface area (Å²) in [5, 5.41) is 8.98. The highest BCUT2D eigenvalue weighted by atomic mass is 79.9. The number of benzene rings is 2. The summed E-state index contributed by atoms with van der Waals surface area (Å²) in [7, 11) is 0. The number of ketones is 1. The second-order valence-corrected chi connectivity index (χ2v) is 4.89. The van der Waals surface area contributed by atoms with Crippen molar-refractivity contribution in [2.45, 2.75) is 0 Å². The fourth-order valence-corrected chi connectivity index (χ4v) is 1.94. The van der Waals surface area contributed by atoms with Crippen molar-refractivity contribution in [3.63, 3.8) is 0 Å². The first-order valence-corrected chi connectivity index (χ1v) is 6.50. The summed E-state index contributed by atoms with van der Waals surface area (Å²) in [6, 6.07) is 12.2. The van der Waals surface area contributed by atoms with Crippen molar-refractivity contribution in [1.82, 2.24) is 0 Å². The first-order chi connectivity index (χ1) is 9.60. The quantitative estimate of drug-likeness (QED) is 0.801. The molecule has 0 saturated carbocycles. The van der Waals surface area contributed by atoms with E-state index in [4.69, 9.17) is 10.00 Å². The fourth-order valence-electron chi connectivity index (χ4n) is 1.58. The molecule has 0 aliphatic carbocycles. The van der Waals surface area contributed by atoms with Crippen LogP contribution in [0.3, 0.4) is 0 Å². The molecule has 0 aliphatic rings. The number of hydrogen-bond acceptors (Lipinski definition) is 3. The topological polar surface area (TPSA) is 50.1 Å². The van der Waals surface area contributed by atoms with Crippen LogP contribution in [0.1, 0.15) is 15.9 Å². The Kier molecular flexibility index (Phi) is 4.49. The van der Waals surface area contributed by atoms with Gasteiger partial charge in [0, 0.05) is 10.0 Å². The minimum Gasteiger partial charge on any atom is -0.484 e. The Labute approximate surface area is 123 Å². The summed E-state index contributed by atoms with van der Waals surface area (Å²) in [6.45, 7) is -0.206. The maximum absolute atomic E-state index is 12.8. The Morgan fingerprint density at radius 3 is 2.60 bits per heavy atom. The summed E-state index contributed by atoms with van der Waals surface area (Å²) in [4.78, 5) is 11.9. The summed E-state index contributed by atoms with van der Waals surface area (Å²) >= 11 is 3.25. The van der Waals surface area contributed by atoms with Crippen LogP contribution in [-0.2, 0) is 0 Å². The molecule has 0 heterocycles. The lowest BCUT2D eigenvalue weighted by Gasteiger charge is -2.07. The molecule has 3 nitrogen and oxygen atoms in total. The Balaban J connectivity index is 2.07. The van der Waals surface area contributed by atoms with Crippen LogP contribution in [0.2, 0.25) is 0 Å². The molecule has 0 bridgehead atoms. The molecule has 0 atom stereocenters. The smallest absolute Gasteiger partial charge is 0.200 e. The van der Waals surface area contributed by atoms with Gasteiger partial charge in [0.1, 0.15) is 17.6 Å². The largest absolute Gasteiger partial charge is 0.484 e. The predicted molar refractivity (Wildman–Crippen MR) is 75.1 cm³/mol. The molecule has 0 aliphatic heterocycles. The fraction of sp³-hybridized carbons (Fsp3) is 0.0667. The Hall–Kier alpha value is -2.19. The van der Waals surface area contributed by atoms with Gasteiger partial charge in [-0.25, -0.2) is 4.39 Å². The molecule has 0 amide bonds. The lowest BCUT2D eigenvalue weighted by molar-refractivity contribution is 0.0921. The van der Waals surface area contributed by atoms with Gasteiger partial charge in [-0.15, -0.1) is 0 Å². The highest BCUT2D eigenvalue weighted by molar-refractivity contribution is 9.10. The maximum Gasteiger partial charge on any atom is 0.200 e. The third-order valence-electron chi connectivity index (χ3n) is 2.59. The zero-order valence-corrected chi connectivity index (χ0v) is 11.9. The molecular formula is C15H9BrFNO2. The van der Waals surface area contributed by atoms with Crippen LogP contribution in [0, 0.1) is 17.1 Å². The average molecular weight is 334 g/mol. The summed E-state index contributed by atoms with van der Waals surface area (Å²) in [5.74, 6) is -0.342. The third kappa shape index (κ3) is 3.43. The van der Waals surface area contributed by atoms with Crippen LogP contribution in [0.5, 0.6) is 5.75 Å². The number of Topliss-reactive ketones (excluding diaryl/α,β-unsaturated/α-hetero) is 1. The monoisotopic (exact) mass is 333 g/mol. The number of halogens is 2. The maximum atomic E-state index is 12.8. The van der Waals surface area contributed by atoms with Crippen molar-refractivity contribution >= 4 is 21.7 Å². The minimum atomic E-state index is -0.401. The molecule has 0 N–H and O–H groups in total. The average Bonchev–Trinajstić information content (AvgIpc) is 2.46. The van der Waals surface area contributed by atoms with Gasteiger partial charge in [-0.1, -0.05) is 15.9 Å². The second-order valence-electron chi connectivity index (χ2n) is 3.97. The number of nitriles is 1. The van der Waals surface area contributed by atoms with Crippen molar-refractivity contribution < 1.29 is 13.9 Å². The SMILES string of the molecule is N#Cc1cc(Br)ccc1OCC(=O)c1ccc(F)cc1. The molecule has 2 aromatic rings. The van der Waals surface area contributed by atoms with Crippen molar-refractivity contribution in [1.29, 1.82) is 5.26 Å². The van der Waals surface area contributed by atoms with Gasteiger partial charge in [0.2, 0.25) is 0 Å². The van der Waals surface area contributed by atoms with E-state index in [2.05, 4.69) is 15.9 Å². The molecule has 0 aromatic heterocycles. The molecule has 0 saturated heterocycles. The molecule has 2 rings (SSSR count). The van der Waals surface area contributed by atoms with Crippen LogP contribution in [0.15, 0.2) is 46.9 Å². The van der Waals surface area contributed by atoms with Crippen LogP contribution in [0.4, 0.5) is 4.39 Å². The number of carbonyl (C=O) groups is 1. The highest BCUT2D eigenvalue weighted by Crippen LogP contribution is 2.22. The van der Waals surface area contributed by atoms with E-state index in [0.29, 0.717) is 16.9 Å². The van der Waals surface area contributed by atoms with Gasteiger partial charge < -0.3 is 4.74 Å². The van der Waals surface area contributed by atoms with E-state index in [1.165, 1.54) is 24.3 Å². The molecular weight excluding hydrogens is 325 g/mol. The van der Waals surface area contributed by atoms with E-state index in [1.54, 1.807) is 18.2 Å². The molecule has 20 heavy (non-hydrogen) atoms. The molecule has 0 radical (unpaired) electrons. The molecule has 5 heteroatoms. The van der Waals surface area contributed by atoms with Crippen molar-refractivity contribution in [3.05, 3.63) is 63.9 Å². The predicted octanol–water partition coefficient (Wildman–Crippen LogP) is 3.72. The number of rotatable bonds is 4. The van der Waals surface area contributed by atoms with Crippen molar-refractivity contribution in [3.8, 4) is 11.8 Å². The van der Waals surface area contributed by atoms with Crippen molar-refractivity contribution in [2.75, 3.05) is 6.61 Å². The minimum absolute atomic E-state index is 0.206. The Morgan fingerprint density at radius 2 is 1.95 bits per heavy atom. The third-order valence-corrected chi connectivity index (χ3v) is 3.08. The van der Waals surface area contributed by atoms with Crippen LogP contribution < -0.4 is 4.74 Å². The van der Waals surface area contributed by atoms with Gasteiger partial charge >= 0.3 is 0 Å². The second kappa shape index (κ2) is 6.31. The highest BCUT2D eigenvalue weighted by Gasteiger charge is 2.09. The normalized spacial score (nSPS) is 9.85. The van der Waals surface area contributed by atoms with Gasteiger partial charge in [0.25, 0.3) is 0 Å². The van der Waals surface area contributed by atoms with Gasteiger partial charge in [-0.05, 0) is 42.5 Å². The number of nitrogens with zero attached hydrogens (tertiary/aromatic N) is 1. The number of ether oxygens (including phenoxy) is 1. The lowest BCUT2D eigenvalue weighted by Crippen LogP contribution is -2.12. The van der Waals surface area contributed by atoms with Gasteiger partial charge in [-0.2, -0.15) is 5.26 Å². The van der Waals surface area contributed by atoms with E-state index >= 15 is 0 Å². The van der Waals surface area contributed by atoms with E-state index < -0.39 is 5.82 Å². The molecule has 0 spiro atoms. The van der Waals surface area contributed by atoms with E-state index in [-0.39, 0.29) is 12.4 Å². The number of carbonyl (C=O) groups excluding carboxylic acids is 1. The van der Waals surface area contributed by atoms with Crippen LogP contribution in [-0.4, -0.2) is 12.4 Å². The van der Waals surface area contributed by atoms with Gasteiger partial charge in [-0.3, -0.25) is 4.79 Å². The first-order valence-electron chi connectivity index (χ1n) is 5.71. The molecule has 2 aromatic carbocycles. The van der Waals surface area contributed by atoms with E-state index in [9.17, 15) is 9.18 Å². The molecule has 0 unspecified atom stereocenters. The van der Waals surface area contributed by atoms with E-state index in [1.807, 2.05) is 6.07 Å². The summed E-state index contributed by atoms with van der Waals surface area (Å²) in [6.07, 6.45) is 0. The van der Waals surface area contributed by atoms with E-state index in [0.717, 1.165) is 4.47 Å². The zero-order valence-electron chi connectivity index (χ0n) is 10.3. The molecule has 100 valence electrons. The van der Waals surface area contributed by atoms with Gasteiger partial charge in [0.15, 0.2) is 12.4 Å². The zero-order chi connectivity index (χ0) is 14.5. The Bertz CT molecular complexity index is 677. The Morgan fingerprint density at radius 1 is 1.25 bits per heavy atom. The van der Waals surface area contributed by atoms with Crippen molar-refractivity contribution in [2.24, 2.45) is 0 Å². The van der Waals surface area contributed by atoms with Crippen LogP contribution >= 0.6 is 15.9 Å². The summed E-state index contributed by atoms with van der Waals surface area (Å²) in [5.41, 5.74) is 0.702. The van der Waals surface area contributed by atoms with Crippen LogP contribution in [0.25, 0.3) is 0 Å². The number of hydrogen-bond donors (Lipinski definition) is 0. The summed E-state index contributed by atoms with van der Waals surface area (Å²) < 4.78 is 18.9. The van der Waals surface area contributed by atoms with Gasteiger partial charge in [0.05, 0.1) is 5.56 Å².